The number of fused-ring (bicyclic) bond motifs is 1. The first-order valence-electron chi connectivity index (χ1n) is 9.42. The van der Waals surface area contributed by atoms with Crippen LogP contribution in [0.15, 0.2) is 41.3 Å². The molecule has 0 aliphatic carbocycles. The Morgan fingerprint density at radius 2 is 1.87 bits per heavy atom. The van der Waals surface area contributed by atoms with Gasteiger partial charge in [-0.1, -0.05) is 23.7 Å². The van der Waals surface area contributed by atoms with Gasteiger partial charge in [-0.2, -0.15) is 10.2 Å². The summed E-state index contributed by atoms with van der Waals surface area (Å²) in [6, 6.07) is 8.68. The third-order valence-electron chi connectivity index (χ3n) is 5.32. The fourth-order valence-corrected chi connectivity index (χ4v) is 3.96. The van der Waals surface area contributed by atoms with E-state index in [0.717, 1.165) is 21.1 Å². The van der Waals surface area contributed by atoms with Crippen LogP contribution in [0.3, 0.4) is 0 Å². The van der Waals surface area contributed by atoms with E-state index in [1.54, 1.807) is 17.8 Å². The summed E-state index contributed by atoms with van der Waals surface area (Å²) < 4.78 is 17.8. The lowest BCUT2D eigenvalue weighted by Crippen LogP contribution is -2.23. The van der Waals surface area contributed by atoms with Crippen molar-refractivity contribution in [1.82, 2.24) is 19.6 Å². The lowest BCUT2D eigenvalue weighted by atomic mass is 9.94. The Bertz CT molecular complexity index is 1340. The topological polar surface area (TPSA) is 72.9 Å². The van der Waals surface area contributed by atoms with Crippen LogP contribution in [0, 0.1) is 12.7 Å². The van der Waals surface area contributed by atoms with E-state index in [1.165, 1.54) is 19.2 Å². The van der Waals surface area contributed by atoms with Crippen molar-refractivity contribution in [2.24, 2.45) is 14.1 Å². The Hall–Kier alpha value is -3.19. The van der Waals surface area contributed by atoms with Gasteiger partial charge < -0.3 is 5.11 Å². The summed E-state index contributed by atoms with van der Waals surface area (Å²) in [5.41, 5.74) is 2.04. The Balaban J connectivity index is 1.81. The third-order valence-corrected chi connectivity index (χ3v) is 5.67. The summed E-state index contributed by atoms with van der Waals surface area (Å²) in [4.78, 5) is 12.7. The first kappa shape index (κ1) is 20.1. The maximum Gasteiger partial charge on any atom is 0.278 e. The van der Waals surface area contributed by atoms with E-state index in [1.807, 2.05) is 25.2 Å². The average Bonchev–Trinajstić information content (AvgIpc) is 3.09. The SMILES string of the molecule is Cc1nn(C)c(=O)c(-c2c(F)ccc(Cl)c2CCc2ccc3cnn(C)c3c2)c1O. The smallest absolute Gasteiger partial charge is 0.278 e. The lowest BCUT2D eigenvalue weighted by Gasteiger charge is -2.15. The third kappa shape index (κ3) is 3.35. The molecule has 4 rings (SSSR count). The highest BCUT2D eigenvalue weighted by atomic mass is 35.5. The van der Waals surface area contributed by atoms with Gasteiger partial charge in [-0.25, -0.2) is 9.07 Å². The molecular weight excluding hydrogens is 407 g/mol. The highest BCUT2D eigenvalue weighted by Gasteiger charge is 2.23. The van der Waals surface area contributed by atoms with Gasteiger partial charge >= 0.3 is 0 Å². The molecule has 0 amide bonds. The maximum atomic E-state index is 14.9. The number of aryl methyl sites for hydroxylation is 4. The highest BCUT2D eigenvalue weighted by Crippen LogP contribution is 2.36. The van der Waals surface area contributed by atoms with Crippen molar-refractivity contribution < 1.29 is 9.50 Å². The minimum absolute atomic E-state index is 0.0210. The zero-order valence-corrected chi connectivity index (χ0v) is 17.5. The molecule has 1 N–H and O–H groups in total. The van der Waals surface area contributed by atoms with Crippen LogP contribution in [0.5, 0.6) is 5.75 Å². The standard InChI is InChI=1S/C22H20ClFN4O2/c1-12-21(29)20(22(30)28(3)26-12)19-15(16(23)8-9-17(19)24)7-5-13-4-6-14-11-25-27(2)18(14)10-13/h4,6,8-11,29H,5,7H2,1-3H3. The Labute approximate surface area is 177 Å². The molecule has 4 aromatic rings. The molecule has 0 aliphatic heterocycles. The number of aromatic hydroxyl groups is 1. The summed E-state index contributed by atoms with van der Waals surface area (Å²) in [6.07, 6.45) is 2.76. The molecule has 0 spiro atoms. The van der Waals surface area contributed by atoms with Gasteiger partial charge in [-0.3, -0.25) is 9.48 Å². The van der Waals surface area contributed by atoms with Gasteiger partial charge in [0.1, 0.15) is 11.5 Å². The quantitative estimate of drug-likeness (QED) is 0.536. The number of halogens is 2. The van der Waals surface area contributed by atoms with Crippen LogP contribution in [0.2, 0.25) is 5.02 Å². The molecule has 2 heterocycles. The summed E-state index contributed by atoms with van der Waals surface area (Å²) in [6.45, 7) is 1.56. The molecule has 8 heteroatoms. The van der Waals surface area contributed by atoms with Gasteiger partial charge in [0.15, 0.2) is 5.75 Å². The second kappa shape index (κ2) is 7.57. The van der Waals surface area contributed by atoms with Crippen molar-refractivity contribution in [3.05, 3.63) is 74.5 Å². The van der Waals surface area contributed by atoms with Crippen LogP contribution < -0.4 is 5.56 Å². The molecule has 0 radical (unpaired) electrons. The van der Waals surface area contributed by atoms with Crippen LogP contribution in [0.1, 0.15) is 16.8 Å². The van der Waals surface area contributed by atoms with Crippen molar-refractivity contribution in [1.29, 1.82) is 0 Å². The number of nitrogens with zero attached hydrogens (tertiary/aromatic N) is 4. The molecule has 0 bridgehead atoms. The van der Waals surface area contributed by atoms with Gasteiger partial charge in [0.25, 0.3) is 5.56 Å². The van der Waals surface area contributed by atoms with Gasteiger partial charge in [-0.15, -0.1) is 0 Å². The summed E-state index contributed by atoms with van der Waals surface area (Å²) >= 11 is 6.42. The van der Waals surface area contributed by atoms with Crippen LogP contribution in [0.4, 0.5) is 4.39 Å². The summed E-state index contributed by atoms with van der Waals surface area (Å²) in [5, 5.41) is 20.1. The van der Waals surface area contributed by atoms with Crippen molar-refractivity contribution in [3.8, 4) is 16.9 Å². The van der Waals surface area contributed by atoms with Crippen molar-refractivity contribution in [2.45, 2.75) is 19.8 Å². The summed E-state index contributed by atoms with van der Waals surface area (Å²) in [7, 11) is 3.33. The van der Waals surface area contributed by atoms with E-state index in [4.69, 9.17) is 11.6 Å². The minimum atomic E-state index is -0.616. The molecule has 0 atom stereocenters. The first-order chi connectivity index (χ1) is 14.3. The predicted molar refractivity (Wildman–Crippen MR) is 114 cm³/mol. The molecule has 30 heavy (non-hydrogen) atoms. The molecular formula is C22H20ClFN4O2. The second-order valence-corrected chi connectivity index (χ2v) is 7.69. The molecule has 154 valence electrons. The van der Waals surface area contributed by atoms with E-state index >= 15 is 0 Å². The normalized spacial score (nSPS) is 11.4. The Morgan fingerprint density at radius 3 is 2.63 bits per heavy atom. The lowest BCUT2D eigenvalue weighted by molar-refractivity contribution is 0.460. The Kier molecular flexibility index (Phi) is 5.07. The monoisotopic (exact) mass is 426 g/mol. The van der Waals surface area contributed by atoms with Crippen LogP contribution in [-0.4, -0.2) is 24.7 Å². The number of hydrogen-bond acceptors (Lipinski definition) is 4. The number of rotatable bonds is 4. The van der Waals surface area contributed by atoms with Crippen LogP contribution >= 0.6 is 11.6 Å². The maximum absolute atomic E-state index is 14.9. The largest absolute Gasteiger partial charge is 0.505 e. The van der Waals surface area contributed by atoms with Crippen molar-refractivity contribution >= 4 is 22.5 Å². The van der Waals surface area contributed by atoms with Gasteiger partial charge in [0, 0.05) is 30.1 Å². The van der Waals surface area contributed by atoms with Gasteiger partial charge in [0.05, 0.1) is 17.3 Å². The molecule has 0 fully saturated rings. The first-order valence-corrected chi connectivity index (χ1v) is 9.80. The molecule has 2 aromatic carbocycles. The van der Waals surface area contributed by atoms with Crippen molar-refractivity contribution in [3.63, 3.8) is 0 Å². The predicted octanol–water partition coefficient (Wildman–Crippen LogP) is 3.93. The van der Waals surface area contributed by atoms with E-state index < -0.39 is 11.4 Å². The average molecular weight is 427 g/mol. The fourth-order valence-electron chi connectivity index (χ4n) is 3.71. The van der Waals surface area contributed by atoms with Crippen LogP contribution in [-0.2, 0) is 26.9 Å². The van der Waals surface area contributed by atoms with E-state index in [9.17, 15) is 14.3 Å². The number of hydrogen-bond donors (Lipinski definition) is 1. The van der Waals surface area contributed by atoms with Crippen molar-refractivity contribution in [2.75, 3.05) is 0 Å². The minimum Gasteiger partial charge on any atom is -0.505 e. The van der Waals surface area contributed by atoms with E-state index in [2.05, 4.69) is 10.2 Å². The van der Waals surface area contributed by atoms with Gasteiger partial charge in [0.2, 0.25) is 0 Å². The van der Waals surface area contributed by atoms with E-state index in [-0.39, 0.29) is 22.6 Å². The fraction of sp³-hybridized carbons (Fsp3) is 0.227. The molecule has 6 nitrogen and oxygen atoms in total. The molecule has 0 unspecified atom stereocenters. The molecule has 2 aromatic heterocycles. The molecule has 0 saturated heterocycles. The second-order valence-electron chi connectivity index (χ2n) is 7.28. The number of aromatic nitrogens is 4. The zero-order valence-electron chi connectivity index (χ0n) is 16.8. The van der Waals surface area contributed by atoms with E-state index in [0.29, 0.717) is 23.4 Å². The Morgan fingerprint density at radius 1 is 1.10 bits per heavy atom. The number of benzene rings is 2. The zero-order chi connectivity index (χ0) is 21.6. The van der Waals surface area contributed by atoms with Gasteiger partial charge in [-0.05, 0) is 49.1 Å². The van der Waals surface area contributed by atoms with Crippen LogP contribution in [0.25, 0.3) is 22.0 Å². The molecule has 0 aliphatic rings. The molecule has 0 saturated carbocycles. The summed E-state index contributed by atoms with van der Waals surface area (Å²) in [5.74, 6) is -0.952. The highest BCUT2D eigenvalue weighted by molar-refractivity contribution is 6.31.